The number of hydrogen-bond acceptors (Lipinski definition) is 6. The van der Waals surface area contributed by atoms with E-state index in [-0.39, 0.29) is 24.7 Å². The van der Waals surface area contributed by atoms with E-state index in [0.717, 1.165) is 17.4 Å². The second kappa shape index (κ2) is 5.64. The standard InChI is InChI=1S/C9H5BrClN3O4S2/c10-7-5(3-4(19-7)8(15)16)20(17,18)14-6-1-2-12-9(11)13-6/h1-3H,(H,15,16)(H,12,13,14). The Morgan fingerprint density at radius 1 is 1.50 bits per heavy atom. The van der Waals surface area contributed by atoms with Crippen LogP contribution in [0.1, 0.15) is 9.67 Å². The molecular formula is C9H5BrClN3O4S2. The van der Waals surface area contributed by atoms with Crippen molar-refractivity contribution in [3.63, 3.8) is 0 Å². The molecule has 0 spiro atoms. The lowest BCUT2D eigenvalue weighted by molar-refractivity contribution is 0.0702. The Labute approximate surface area is 130 Å². The molecule has 0 aromatic carbocycles. The minimum Gasteiger partial charge on any atom is -0.477 e. The molecule has 2 rings (SSSR count). The number of carboxylic acids is 1. The zero-order chi connectivity index (χ0) is 14.9. The predicted octanol–water partition coefficient (Wildman–Crippen LogP) is 2.45. The molecular weight excluding hydrogens is 394 g/mol. The lowest BCUT2D eigenvalue weighted by atomic mass is 10.5. The molecule has 0 saturated heterocycles. The average Bonchev–Trinajstić information content (AvgIpc) is 2.71. The fourth-order valence-corrected chi connectivity index (χ4v) is 4.78. The average molecular weight is 399 g/mol. The van der Waals surface area contributed by atoms with Gasteiger partial charge in [-0.1, -0.05) is 0 Å². The molecule has 2 aromatic heterocycles. The number of aromatic carboxylic acids is 1. The molecule has 0 saturated carbocycles. The molecule has 7 nitrogen and oxygen atoms in total. The first-order valence-electron chi connectivity index (χ1n) is 4.83. The van der Waals surface area contributed by atoms with Gasteiger partial charge in [0.1, 0.15) is 15.6 Å². The number of aromatic nitrogens is 2. The largest absolute Gasteiger partial charge is 0.477 e. The van der Waals surface area contributed by atoms with Gasteiger partial charge in [0.15, 0.2) is 0 Å². The summed E-state index contributed by atoms with van der Waals surface area (Å²) in [5.74, 6) is -1.22. The molecule has 0 radical (unpaired) electrons. The van der Waals surface area contributed by atoms with Crippen molar-refractivity contribution >= 4 is 60.7 Å². The predicted molar refractivity (Wildman–Crippen MR) is 76.8 cm³/mol. The molecule has 0 aliphatic heterocycles. The lowest BCUT2D eigenvalue weighted by Crippen LogP contribution is -2.14. The minimum absolute atomic E-state index is 0.0139. The van der Waals surface area contributed by atoms with Crippen molar-refractivity contribution in [3.8, 4) is 0 Å². The lowest BCUT2D eigenvalue weighted by Gasteiger charge is -2.05. The molecule has 106 valence electrons. The van der Waals surface area contributed by atoms with Crippen molar-refractivity contribution in [2.45, 2.75) is 4.90 Å². The fraction of sp³-hybridized carbons (Fsp3) is 0. The summed E-state index contributed by atoms with van der Waals surface area (Å²) >= 11 is 9.38. The number of hydrogen-bond donors (Lipinski definition) is 2. The number of thiophene rings is 1. The molecule has 0 aliphatic rings. The highest BCUT2D eigenvalue weighted by atomic mass is 79.9. The van der Waals surface area contributed by atoms with Gasteiger partial charge in [0.05, 0.1) is 3.79 Å². The maximum Gasteiger partial charge on any atom is 0.345 e. The van der Waals surface area contributed by atoms with Crippen LogP contribution in [0.3, 0.4) is 0 Å². The van der Waals surface area contributed by atoms with Crippen molar-refractivity contribution in [2.75, 3.05) is 4.72 Å². The van der Waals surface area contributed by atoms with Crippen LogP contribution in [0.25, 0.3) is 0 Å². The summed E-state index contributed by atoms with van der Waals surface area (Å²) in [6.45, 7) is 0. The molecule has 20 heavy (non-hydrogen) atoms. The topological polar surface area (TPSA) is 109 Å². The Bertz CT molecular complexity index is 777. The van der Waals surface area contributed by atoms with Gasteiger partial charge in [-0.25, -0.2) is 18.2 Å². The summed E-state index contributed by atoms with van der Waals surface area (Å²) in [6, 6.07) is 2.38. The summed E-state index contributed by atoms with van der Waals surface area (Å²) in [6.07, 6.45) is 1.29. The van der Waals surface area contributed by atoms with Crippen LogP contribution in [0.5, 0.6) is 0 Å². The Morgan fingerprint density at radius 2 is 2.20 bits per heavy atom. The molecule has 0 bridgehead atoms. The first kappa shape index (κ1) is 15.2. The Kier molecular flexibility index (Phi) is 4.28. The summed E-state index contributed by atoms with van der Waals surface area (Å²) in [4.78, 5) is 17.9. The highest BCUT2D eigenvalue weighted by Crippen LogP contribution is 2.32. The fourth-order valence-electron chi connectivity index (χ4n) is 1.23. The number of nitrogens with zero attached hydrogens (tertiary/aromatic N) is 2. The minimum atomic E-state index is -3.97. The molecule has 2 N–H and O–H groups in total. The number of anilines is 1. The van der Waals surface area contributed by atoms with Gasteiger partial charge >= 0.3 is 5.97 Å². The first-order chi connectivity index (χ1) is 9.29. The number of nitrogens with one attached hydrogen (secondary N) is 1. The van der Waals surface area contributed by atoms with Crippen molar-refractivity contribution in [2.24, 2.45) is 0 Å². The summed E-state index contributed by atoms with van der Waals surface area (Å²) in [7, 11) is -3.97. The van der Waals surface area contributed by atoms with E-state index in [9.17, 15) is 13.2 Å². The van der Waals surface area contributed by atoms with E-state index in [1.54, 1.807) is 0 Å². The zero-order valence-electron chi connectivity index (χ0n) is 9.37. The van der Waals surface area contributed by atoms with Gasteiger partial charge in [0.25, 0.3) is 10.0 Å². The Hall–Kier alpha value is -1.23. The van der Waals surface area contributed by atoms with E-state index in [4.69, 9.17) is 16.7 Å². The number of halogens is 2. The Morgan fingerprint density at radius 3 is 2.75 bits per heavy atom. The summed E-state index contributed by atoms with van der Waals surface area (Å²) < 4.78 is 26.6. The highest BCUT2D eigenvalue weighted by molar-refractivity contribution is 9.11. The van der Waals surface area contributed by atoms with E-state index in [1.807, 2.05) is 0 Å². The van der Waals surface area contributed by atoms with Crippen LogP contribution >= 0.6 is 38.9 Å². The van der Waals surface area contributed by atoms with Gasteiger partial charge in [-0.05, 0) is 39.7 Å². The van der Waals surface area contributed by atoms with Crippen molar-refractivity contribution in [1.29, 1.82) is 0 Å². The number of carbonyl (C=O) groups is 1. The van der Waals surface area contributed by atoms with E-state index in [1.165, 1.54) is 12.3 Å². The molecule has 0 atom stereocenters. The quantitative estimate of drug-likeness (QED) is 0.766. The highest BCUT2D eigenvalue weighted by Gasteiger charge is 2.23. The maximum absolute atomic E-state index is 12.1. The molecule has 2 aromatic rings. The van der Waals surface area contributed by atoms with Gasteiger partial charge in [0.2, 0.25) is 5.28 Å². The molecule has 2 heterocycles. The second-order valence-electron chi connectivity index (χ2n) is 3.37. The van der Waals surface area contributed by atoms with Crippen LogP contribution in [0.4, 0.5) is 5.82 Å². The van der Waals surface area contributed by atoms with Crippen molar-refractivity contribution < 1.29 is 18.3 Å². The summed E-state index contributed by atoms with van der Waals surface area (Å²) in [5.41, 5.74) is 0. The van der Waals surface area contributed by atoms with E-state index in [0.29, 0.717) is 0 Å². The van der Waals surface area contributed by atoms with Gasteiger partial charge in [-0.15, -0.1) is 11.3 Å². The SMILES string of the molecule is O=C(O)c1cc(S(=O)(=O)Nc2ccnc(Cl)n2)c(Br)s1. The van der Waals surface area contributed by atoms with Gasteiger partial charge in [-0.2, -0.15) is 4.98 Å². The van der Waals surface area contributed by atoms with Gasteiger partial charge in [0, 0.05) is 6.20 Å². The second-order valence-corrected chi connectivity index (χ2v) is 7.73. The van der Waals surface area contributed by atoms with Crippen molar-refractivity contribution in [3.05, 3.63) is 32.3 Å². The van der Waals surface area contributed by atoms with E-state index >= 15 is 0 Å². The summed E-state index contributed by atoms with van der Waals surface area (Å²) in [5, 5.41) is 8.74. The number of sulfonamides is 1. The molecule has 0 aliphatic carbocycles. The van der Waals surface area contributed by atoms with Crippen LogP contribution in [0, 0.1) is 0 Å². The third kappa shape index (κ3) is 3.26. The zero-order valence-corrected chi connectivity index (χ0v) is 13.3. The van der Waals surface area contributed by atoms with Crippen molar-refractivity contribution in [1.82, 2.24) is 9.97 Å². The van der Waals surface area contributed by atoms with Crippen LogP contribution in [-0.4, -0.2) is 29.5 Å². The van der Waals surface area contributed by atoms with E-state index in [2.05, 4.69) is 30.6 Å². The van der Waals surface area contributed by atoms with E-state index < -0.39 is 16.0 Å². The maximum atomic E-state index is 12.1. The van der Waals surface area contributed by atoms with Crippen LogP contribution in [0.2, 0.25) is 5.28 Å². The number of rotatable bonds is 4. The third-order valence-electron chi connectivity index (χ3n) is 2.02. The van der Waals surface area contributed by atoms with Crippen LogP contribution in [-0.2, 0) is 10.0 Å². The smallest absolute Gasteiger partial charge is 0.345 e. The van der Waals surface area contributed by atoms with Crippen LogP contribution in [0.15, 0.2) is 27.0 Å². The molecule has 0 fully saturated rings. The molecule has 0 amide bonds. The molecule has 0 unspecified atom stereocenters. The monoisotopic (exact) mass is 397 g/mol. The Balaban J connectivity index is 2.38. The van der Waals surface area contributed by atoms with Crippen LogP contribution < -0.4 is 4.72 Å². The van der Waals surface area contributed by atoms with Gasteiger partial charge in [-0.3, -0.25) is 4.72 Å². The number of carboxylic acid groups (broad SMARTS) is 1. The van der Waals surface area contributed by atoms with Gasteiger partial charge < -0.3 is 5.11 Å². The normalized spacial score (nSPS) is 11.3. The molecule has 11 heteroatoms. The third-order valence-corrected chi connectivity index (χ3v) is 5.80. The first-order valence-corrected chi connectivity index (χ1v) is 8.30.